The Hall–Kier alpha value is -0.830. The first-order valence-electron chi connectivity index (χ1n) is 8.78. The van der Waals surface area contributed by atoms with Gasteiger partial charge in [0.05, 0.1) is 12.0 Å². The average Bonchev–Trinajstić information content (AvgIpc) is 2.42. The molecule has 0 aliphatic heterocycles. The number of ether oxygens (including phenoxy) is 1. The molecule has 1 N–H and O–H groups in total. The second-order valence-corrected chi connectivity index (χ2v) is 9.76. The second-order valence-electron chi connectivity index (χ2n) is 7.96. The lowest BCUT2D eigenvalue weighted by Gasteiger charge is -2.55. The van der Waals surface area contributed by atoms with Crippen LogP contribution in [0.15, 0.2) is 0 Å². The van der Waals surface area contributed by atoms with Gasteiger partial charge in [-0.3, -0.25) is 4.79 Å². The van der Waals surface area contributed by atoms with E-state index < -0.39 is 22.0 Å². The summed E-state index contributed by atoms with van der Waals surface area (Å²) in [5.41, 5.74) is -0.370. The summed E-state index contributed by atoms with van der Waals surface area (Å²) in [6.45, 7) is -0.151. The summed E-state index contributed by atoms with van der Waals surface area (Å²) in [5.74, 6) is -0.244. The Morgan fingerprint density at radius 1 is 1.08 bits per heavy atom. The summed E-state index contributed by atoms with van der Waals surface area (Å²) in [5, 5.41) is 0. The molecule has 25 heavy (non-hydrogen) atoms. The number of sulfonamides is 1. The number of halogens is 3. The minimum atomic E-state index is -4.77. The SMILES string of the molecule is O=C(OCCCNS(=O)(=O)CC(F)(F)F)C12CC3CC(CC(C3)C1)C2. The van der Waals surface area contributed by atoms with Gasteiger partial charge < -0.3 is 4.74 Å². The zero-order valence-electron chi connectivity index (χ0n) is 14.0. The normalized spacial score (nSPS) is 34.3. The highest BCUT2D eigenvalue weighted by atomic mass is 32.2. The molecule has 4 saturated carbocycles. The Labute approximate surface area is 145 Å². The summed E-state index contributed by atoms with van der Waals surface area (Å²) >= 11 is 0. The maximum absolute atomic E-state index is 12.5. The molecule has 0 unspecified atom stereocenters. The van der Waals surface area contributed by atoms with Crippen molar-refractivity contribution in [3.05, 3.63) is 0 Å². The van der Waals surface area contributed by atoms with Gasteiger partial charge >= 0.3 is 12.1 Å². The van der Waals surface area contributed by atoms with E-state index in [9.17, 15) is 26.4 Å². The van der Waals surface area contributed by atoms with E-state index in [4.69, 9.17) is 4.74 Å². The van der Waals surface area contributed by atoms with Crippen LogP contribution >= 0.6 is 0 Å². The Bertz CT molecular complexity index is 582. The maximum atomic E-state index is 12.5. The minimum absolute atomic E-state index is 0.0229. The molecule has 0 saturated heterocycles. The van der Waals surface area contributed by atoms with Crippen LogP contribution in [-0.4, -0.2) is 39.5 Å². The number of hydrogen-bond donors (Lipinski definition) is 1. The van der Waals surface area contributed by atoms with E-state index in [0.717, 1.165) is 19.3 Å². The average molecular weight is 383 g/mol. The highest BCUT2D eigenvalue weighted by Crippen LogP contribution is 2.60. The van der Waals surface area contributed by atoms with Gasteiger partial charge in [0.15, 0.2) is 5.75 Å². The first-order chi connectivity index (χ1) is 11.6. The summed E-state index contributed by atoms with van der Waals surface area (Å²) in [4.78, 5) is 12.5. The third kappa shape index (κ3) is 4.67. The van der Waals surface area contributed by atoms with Gasteiger partial charge in [0.25, 0.3) is 0 Å². The van der Waals surface area contributed by atoms with Crippen LogP contribution in [0.25, 0.3) is 0 Å². The van der Waals surface area contributed by atoms with Crippen LogP contribution in [0.1, 0.15) is 44.9 Å². The number of esters is 1. The van der Waals surface area contributed by atoms with Crippen molar-refractivity contribution >= 4 is 16.0 Å². The van der Waals surface area contributed by atoms with E-state index in [0.29, 0.717) is 17.8 Å². The maximum Gasteiger partial charge on any atom is 0.404 e. The van der Waals surface area contributed by atoms with Crippen LogP contribution in [-0.2, 0) is 19.6 Å². The number of nitrogens with one attached hydrogen (secondary N) is 1. The number of carbonyl (C=O) groups is 1. The van der Waals surface area contributed by atoms with Crippen molar-refractivity contribution in [1.82, 2.24) is 4.72 Å². The molecule has 9 heteroatoms. The topological polar surface area (TPSA) is 72.5 Å². The fraction of sp³-hybridized carbons (Fsp3) is 0.938. The van der Waals surface area contributed by atoms with E-state index in [1.165, 1.54) is 19.3 Å². The summed E-state index contributed by atoms with van der Waals surface area (Å²) in [6, 6.07) is 0. The van der Waals surface area contributed by atoms with Gasteiger partial charge in [0.1, 0.15) is 0 Å². The molecule has 5 nitrogen and oxygen atoms in total. The summed E-state index contributed by atoms with van der Waals surface area (Å²) < 4.78 is 66.0. The molecule has 0 amide bonds. The van der Waals surface area contributed by atoms with Crippen molar-refractivity contribution in [2.45, 2.75) is 51.1 Å². The minimum Gasteiger partial charge on any atom is -0.465 e. The Morgan fingerprint density at radius 2 is 1.60 bits per heavy atom. The largest absolute Gasteiger partial charge is 0.465 e. The van der Waals surface area contributed by atoms with E-state index in [-0.39, 0.29) is 31.0 Å². The van der Waals surface area contributed by atoms with Crippen molar-refractivity contribution in [2.75, 3.05) is 18.9 Å². The zero-order chi connectivity index (χ0) is 18.3. The fourth-order valence-corrected chi connectivity index (χ4v) is 6.23. The van der Waals surface area contributed by atoms with Crippen LogP contribution in [0, 0.1) is 23.2 Å². The molecular weight excluding hydrogens is 359 g/mol. The molecule has 144 valence electrons. The molecule has 4 fully saturated rings. The molecule has 4 aliphatic carbocycles. The van der Waals surface area contributed by atoms with E-state index in [1.54, 1.807) is 0 Å². The number of hydrogen-bond acceptors (Lipinski definition) is 4. The number of rotatable bonds is 7. The molecule has 0 radical (unpaired) electrons. The molecule has 4 aliphatic rings. The van der Waals surface area contributed by atoms with Crippen molar-refractivity contribution in [2.24, 2.45) is 23.2 Å². The van der Waals surface area contributed by atoms with Gasteiger partial charge in [-0.2, -0.15) is 13.2 Å². The van der Waals surface area contributed by atoms with Gasteiger partial charge in [0, 0.05) is 6.54 Å². The van der Waals surface area contributed by atoms with Gasteiger partial charge in [-0.1, -0.05) is 0 Å². The lowest BCUT2D eigenvalue weighted by molar-refractivity contribution is -0.171. The Morgan fingerprint density at radius 3 is 2.08 bits per heavy atom. The third-order valence-electron chi connectivity index (χ3n) is 5.70. The van der Waals surface area contributed by atoms with E-state index in [1.807, 2.05) is 4.72 Å². The van der Waals surface area contributed by atoms with E-state index >= 15 is 0 Å². The van der Waals surface area contributed by atoms with Crippen molar-refractivity contribution in [3.8, 4) is 0 Å². The molecule has 0 aromatic rings. The molecule has 4 bridgehead atoms. The van der Waals surface area contributed by atoms with E-state index in [2.05, 4.69) is 0 Å². The van der Waals surface area contributed by atoms with Crippen LogP contribution in [0.3, 0.4) is 0 Å². The Kier molecular flexibility index (Phi) is 5.09. The predicted octanol–water partition coefficient (Wildman–Crippen LogP) is 2.62. The van der Waals surface area contributed by atoms with Crippen LogP contribution in [0.2, 0.25) is 0 Å². The van der Waals surface area contributed by atoms with Gasteiger partial charge in [-0.15, -0.1) is 0 Å². The van der Waals surface area contributed by atoms with Crippen molar-refractivity contribution < 1.29 is 31.1 Å². The second kappa shape index (κ2) is 6.72. The molecule has 0 aromatic heterocycles. The highest BCUT2D eigenvalue weighted by Gasteiger charge is 2.55. The van der Waals surface area contributed by atoms with Gasteiger partial charge in [-0.25, -0.2) is 13.1 Å². The standard InChI is InChI=1S/C16H24F3NO4S/c17-16(18,19)10-25(22,23)20-2-1-3-24-14(21)15-7-11-4-12(8-15)6-13(5-11)9-15/h11-13,20H,1-10H2. The molecule has 0 aromatic carbocycles. The van der Waals surface area contributed by atoms with Gasteiger partial charge in [-0.05, 0) is 62.7 Å². The van der Waals surface area contributed by atoms with Gasteiger partial charge in [0.2, 0.25) is 10.0 Å². The molecule has 0 atom stereocenters. The van der Waals surface area contributed by atoms with Crippen molar-refractivity contribution in [3.63, 3.8) is 0 Å². The summed E-state index contributed by atoms with van der Waals surface area (Å²) in [7, 11) is -4.39. The van der Waals surface area contributed by atoms with Crippen molar-refractivity contribution in [1.29, 1.82) is 0 Å². The first kappa shape index (κ1) is 18.9. The fourth-order valence-electron chi connectivity index (χ4n) is 5.24. The quantitative estimate of drug-likeness (QED) is 0.542. The lowest BCUT2D eigenvalue weighted by Crippen LogP contribution is -2.50. The Balaban J connectivity index is 1.40. The highest BCUT2D eigenvalue weighted by molar-refractivity contribution is 7.89. The van der Waals surface area contributed by atoms with Crippen LogP contribution in [0.4, 0.5) is 13.2 Å². The monoisotopic (exact) mass is 383 g/mol. The molecular formula is C16H24F3NO4S. The summed E-state index contributed by atoms with van der Waals surface area (Å²) in [6.07, 6.45) is 1.70. The third-order valence-corrected chi connectivity index (χ3v) is 7.05. The first-order valence-corrected chi connectivity index (χ1v) is 10.4. The molecule has 0 spiro atoms. The molecule has 4 rings (SSSR count). The lowest BCUT2D eigenvalue weighted by atomic mass is 9.49. The van der Waals surface area contributed by atoms with Crippen LogP contribution in [0.5, 0.6) is 0 Å². The zero-order valence-corrected chi connectivity index (χ0v) is 14.8. The molecule has 0 heterocycles. The van der Waals surface area contributed by atoms with Crippen LogP contribution < -0.4 is 4.72 Å². The predicted molar refractivity (Wildman–Crippen MR) is 84.0 cm³/mol. The smallest absolute Gasteiger partial charge is 0.404 e. The number of alkyl halides is 3. The number of carbonyl (C=O) groups excluding carboxylic acids is 1.